The molecule has 0 heterocycles. The predicted molar refractivity (Wildman–Crippen MR) is 74.0 cm³/mol. The fourth-order valence-corrected chi connectivity index (χ4v) is 2.76. The number of carboxylic acids is 1. The van der Waals surface area contributed by atoms with Gasteiger partial charge in [-0.15, -0.1) is 0 Å². The fourth-order valence-electron chi connectivity index (χ4n) is 2.76. The van der Waals surface area contributed by atoms with Crippen molar-refractivity contribution in [2.45, 2.75) is 39.5 Å². The van der Waals surface area contributed by atoms with E-state index in [1.807, 2.05) is 0 Å². The van der Waals surface area contributed by atoms with Gasteiger partial charge in [0.15, 0.2) is 0 Å². The monoisotopic (exact) mass is 270 g/mol. The van der Waals surface area contributed by atoms with Crippen LogP contribution in [0.4, 0.5) is 4.79 Å². The highest BCUT2D eigenvalue weighted by Crippen LogP contribution is 2.29. The lowest BCUT2D eigenvalue weighted by atomic mass is 9.79. The number of rotatable bonds is 5. The summed E-state index contributed by atoms with van der Waals surface area (Å²) < 4.78 is 0. The Morgan fingerprint density at radius 2 is 1.95 bits per heavy atom. The lowest BCUT2D eigenvalue weighted by molar-refractivity contribution is -0.144. The van der Waals surface area contributed by atoms with Gasteiger partial charge in [0.1, 0.15) is 0 Å². The minimum Gasteiger partial charge on any atom is -0.481 e. The first-order valence-electron chi connectivity index (χ1n) is 7.13. The van der Waals surface area contributed by atoms with E-state index in [1.165, 1.54) is 0 Å². The standard InChI is InChI=1S/C14H26N2O3/c1-10(2)9-16(3)14(19)15-8-11-6-4-5-7-12(11)13(17)18/h10-12H,4-9H2,1-3H3,(H,15,19)(H,17,18). The van der Waals surface area contributed by atoms with Gasteiger partial charge in [-0.3, -0.25) is 4.79 Å². The van der Waals surface area contributed by atoms with Crippen molar-refractivity contribution in [1.29, 1.82) is 0 Å². The molecular formula is C14H26N2O3. The number of carbonyl (C=O) groups excluding carboxylic acids is 1. The normalized spacial score (nSPS) is 23.2. The zero-order chi connectivity index (χ0) is 14.4. The smallest absolute Gasteiger partial charge is 0.317 e. The van der Waals surface area contributed by atoms with Crippen LogP contribution in [0.5, 0.6) is 0 Å². The Labute approximate surface area is 115 Å². The molecular weight excluding hydrogens is 244 g/mol. The zero-order valence-electron chi connectivity index (χ0n) is 12.2. The number of amides is 2. The van der Waals surface area contributed by atoms with Crippen molar-refractivity contribution in [3.8, 4) is 0 Å². The Morgan fingerprint density at radius 1 is 1.32 bits per heavy atom. The summed E-state index contributed by atoms with van der Waals surface area (Å²) in [6.07, 6.45) is 3.67. The summed E-state index contributed by atoms with van der Waals surface area (Å²) in [7, 11) is 1.77. The Bertz CT molecular complexity index is 318. The molecule has 0 aromatic carbocycles. The van der Waals surface area contributed by atoms with Crippen LogP contribution in [0.2, 0.25) is 0 Å². The number of hydrogen-bond donors (Lipinski definition) is 2. The number of hydrogen-bond acceptors (Lipinski definition) is 2. The molecule has 2 unspecified atom stereocenters. The molecule has 0 aliphatic heterocycles. The van der Waals surface area contributed by atoms with Gasteiger partial charge in [0.2, 0.25) is 0 Å². The fraction of sp³-hybridized carbons (Fsp3) is 0.857. The Morgan fingerprint density at radius 3 is 2.53 bits per heavy atom. The molecule has 19 heavy (non-hydrogen) atoms. The van der Waals surface area contributed by atoms with E-state index >= 15 is 0 Å². The number of urea groups is 1. The Kier molecular flexibility index (Phi) is 6.12. The summed E-state index contributed by atoms with van der Waals surface area (Å²) in [5.74, 6) is -0.529. The van der Waals surface area contributed by atoms with Gasteiger partial charge in [0, 0.05) is 20.1 Å². The molecule has 0 spiro atoms. The summed E-state index contributed by atoms with van der Waals surface area (Å²) in [6, 6.07) is -0.108. The van der Waals surface area contributed by atoms with Crippen LogP contribution < -0.4 is 5.32 Å². The van der Waals surface area contributed by atoms with Gasteiger partial charge in [0.25, 0.3) is 0 Å². The number of nitrogens with zero attached hydrogens (tertiary/aromatic N) is 1. The van der Waals surface area contributed by atoms with E-state index in [0.717, 1.165) is 25.7 Å². The Hall–Kier alpha value is -1.26. The van der Waals surface area contributed by atoms with Crippen LogP contribution in [-0.2, 0) is 4.79 Å². The van der Waals surface area contributed by atoms with Crippen molar-refractivity contribution in [3.63, 3.8) is 0 Å². The molecule has 1 fully saturated rings. The van der Waals surface area contributed by atoms with Crippen molar-refractivity contribution in [2.24, 2.45) is 17.8 Å². The number of carbonyl (C=O) groups is 2. The van der Waals surface area contributed by atoms with Gasteiger partial charge >= 0.3 is 12.0 Å². The van der Waals surface area contributed by atoms with Gasteiger partial charge < -0.3 is 15.3 Å². The van der Waals surface area contributed by atoms with Gasteiger partial charge in [-0.2, -0.15) is 0 Å². The first kappa shape index (κ1) is 15.8. The third kappa shape index (κ3) is 5.09. The predicted octanol–water partition coefficient (Wildman–Crippen LogP) is 2.17. The third-order valence-electron chi connectivity index (χ3n) is 3.73. The lowest BCUT2D eigenvalue weighted by Crippen LogP contribution is -2.43. The van der Waals surface area contributed by atoms with E-state index in [4.69, 9.17) is 0 Å². The molecule has 1 aliphatic rings. The van der Waals surface area contributed by atoms with E-state index in [9.17, 15) is 14.7 Å². The quantitative estimate of drug-likeness (QED) is 0.804. The molecule has 5 heteroatoms. The second-order valence-electron chi connectivity index (χ2n) is 5.95. The van der Waals surface area contributed by atoms with Crippen molar-refractivity contribution in [3.05, 3.63) is 0 Å². The molecule has 2 amide bonds. The van der Waals surface area contributed by atoms with Crippen LogP contribution in [0.25, 0.3) is 0 Å². The average molecular weight is 270 g/mol. The zero-order valence-corrected chi connectivity index (χ0v) is 12.2. The molecule has 0 bridgehead atoms. The number of carboxylic acid groups (broad SMARTS) is 1. The molecule has 5 nitrogen and oxygen atoms in total. The van der Waals surface area contributed by atoms with E-state index in [-0.39, 0.29) is 17.9 Å². The molecule has 0 radical (unpaired) electrons. The molecule has 0 aromatic heterocycles. The van der Waals surface area contributed by atoms with Gasteiger partial charge in [0.05, 0.1) is 5.92 Å². The van der Waals surface area contributed by atoms with Crippen molar-refractivity contribution in [1.82, 2.24) is 10.2 Å². The molecule has 1 aliphatic carbocycles. The molecule has 0 aromatic rings. The number of aliphatic carboxylic acids is 1. The molecule has 0 saturated heterocycles. The molecule has 1 rings (SSSR count). The van der Waals surface area contributed by atoms with E-state index in [2.05, 4.69) is 19.2 Å². The molecule has 110 valence electrons. The highest BCUT2D eigenvalue weighted by molar-refractivity contribution is 5.74. The lowest BCUT2D eigenvalue weighted by Gasteiger charge is -2.29. The molecule has 2 atom stereocenters. The van der Waals surface area contributed by atoms with Crippen LogP contribution in [0.15, 0.2) is 0 Å². The Balaban J connectivity index is 2.41. The highest BCUT2D eigenvalue weighted by atomic mass is 16.4. The van der Waals surface area contributed by atoms with Gasteiger partial charge in [-0.25, -0.2) is 4.79 Å². The SMILES string of the molecule is CC(C)CN(C)C(=O)NCC1CCCCC1C(=O)O. The first-order valence-corrected chi connectivity index (χ1v) is 7.13. The van der Waals surface area contributed by atoms with E-state index < -0.39 is 5.97 Å². The minimum atomic E-state index is -0.727. The summed E-state index contributed by atoms with van der Waals surface area (Å²) in [5.41, 5.74) is 0. The first-order chi connectivity index (χ1) is 8.91. The van der Waals surface area contributed by atoms with Crippen molar-refractivity contribution < 1.29 is 14.7 Å². The number of nitrogens with one attached hydrogen (secondary N) is 1. The average Bonchev–Trinajstić information content (AvgIpc) is 2.35. The molecule has 2 N–H and O–H groups in total. The van der Waals surface area contributed by atoms with Crippen LogP contribution in [0, 0.1) is 17.8 Å². The van der Waals surface area contributed by atoms with Crippen LogP contribution in [-0.4, -0.2) is 42.1 Å². The van der Waals surface area contributed by atoms with E-state index in [0.29, 0.717) is 19.0 Å². The third-order valence-corrected chi connectivity index (χ3v) is 3.73. The maximum absolute atomic E-state index is 11.9. The van der Waals surface area contributed by atoms with E-state index in [1.54, 1.807) is 11.9 Å². The second kappa shape index (κ2) is 7.36. The summed E-state index contributed by atoms with van der Waals surface area (Å²) in [4.78, 5) is 24.7. The van der Waals surface area contributed by atoms with Crippen LogP contribution in [0.1, 0.15) is 39.5 Å². The maximum atomic E-state index is 11.9. The maximum Gasteiger partial charge on any atom is 0.317 e. The summed E-state index contributed by atoms with van der Waals surface area (Å²) in [6.45, 7) is 5.30. The van der Waals surface area contributed by atoms with Crippen LogP contribution in [0.3, 0.4) is 0 Å². The van der Waals surface area contributed by atoms with Crippen molar-refractivity contribution >= 4 is 12.0 Å². The second-order valence-corrected chi connectivity index (χ2v) is 5.95. The summed E-state index contributed by atoms with van der Waals surface area (Å²) in [5, 5.41) is 12.0. The van der Waals surface area contributed by atoms with Gasteiger partial charge in [-0.1, -0.05) is 26.7 Å². The largest absolute Gasteiger partial charge is 0.481 e. The molecule has 1 saturated carbocycles. The van der Waals surface area contributed by atoms with Gasteiger partial charge in [-0.05, 0) is 24.7 Å². The summed E-state index contributed by atoms with van der Waals surface area (Å²) >= 11 is 0. The van der Waals surface area contributed by atoms with Crippen LogP contribution >= 0.6 is 0 Å². The minimum absolute atomic E-state index is 0.0719. The highest BCUT2D eigenvalue weighted by Gasteiger charge is 2.30. The topological polar surface area (TPSA) is 69.6 Å². The van der Waals surface area contributed by atoms with Crippen molar-refractivity contribution in [2.75, 3.05) is 20.1 Å².